The molecule has 38 heavy (non-hydrogen) atoms. The van der Waals surface area contributed by atoms with Gasteiger partial charge in [0.15, 0.2) is 11.0 Å². The summed E-state index contributed by atoms with van der Waals surface area (Å²) in [5.41, 5.74) is 1.21. The van der Waals surface area contributed by atoms with Gasteiger partial charge >= 0.3 is 0 Å². The van der Waals surface area contributed by atoms with Gasteiger partial charge in [0.1, 0.15) is 0 Å². The van der Waals surface area contributed by atoms with E-state index in [1.807, 2.05) is 36.9 Å². The Morgan fingerprint density at radius 2 is 1.76 bits per heavy atom. The third kappa shape index (κ3) is 6.31. The number of nitro benzene ring substituents is 1. The molecular weight excluding hydrogens is 506 g/mol. The van der Waals surface area contributed by atoms with Crippen LogP contribution < -0.4 is 10.2 Å². The number of thioether (sulfide) groups is 1. The number of aromatic nitrogens is 3. The van der Waals surface area contributed by atoms with Gasteiger partial charge in [-0.25, -0.2) is 0 Å². The summed E-state index contributed by atoms with van der Waals surface area (Å²) in [5, 5.41) is 23.1. The number of para-hydroxylation sites is 1. The van der Waals surface area contributed by atoms with Gasteiger partial charge in [-0.15, -0.1) is 10.2 Å². The van der Waals surface area contributed by atoms with E-state index in [-0.39, 0.29) is 28.8 Å². The maximum Gasteiger partial charge on any atom is 0.270 e. The highest BCUT2D eigenvalue weighted by Crippen LogP contribution is 2.25. The highest BCUT2D eigenvalue weighted by atomic mass is 32.2. The Morgan fingerprint density at radius 3 is 2.42 bits per heavy atom. The molecule has 1 atom stereocenters. The molecule has 0 saturated carbocycles. The zero-order chi connectivity index (χ0) is 27.2. The number of piperazine rings is 1. The van der Waals surface area contributed by atoms with Crippen molar-refractivity contribution in [3.63, 3.8) is 0 Å². The molecule has 11 nitrogen and oxygen atoms in total. The predicted molar refractivity (Wildman–Crippen MR) is 145 cm³/mol. The number of carbonyl (C=O) groups excluding carboxylic acids is 2. The monoisotopic (exact) mass is 537 g/mol. The number of benzene rings is 2. The molecule has 12 heteroatoms. The number of non-ortho nitro benzene ring substituents is 1. The molecule has 0 unspecified atom stereocenters. The lowest BCUT2D eigenvalue weighted by Gasteiger charge is -2.36. The number of nitrogens with zero attached hydrogens (tertiary/aromatic N) is 6. The molecule has 1 aliphatic heterocycles. The summed E-state index contributed by atoms with van der Waals surface area (Å²) in [6.45, 7) is 6.79. The first-order valence-electron chi connectivity index (χ1n) is 12.4. The molecule has 2 amide bonds. The Kier molecular flexibility index (Phi) is 8.62. The summed E-state index contributed by atoms with van der Waals surface area (Å²) in [5.74, 6) is 0.371. The van der Waals surface area contributed by atoms with Gasteiger partial charge in [0.25, 0.3) is 11.6 Å². The third-order valence-electron chi connectivity index (χ3n) is 6.50. The molecule has 2 aromatic carbocycles. The van der Waals surface area contributed by atoms with E-state index in [1.54, 1.807) is 11.6 Å². The number of anilines is 1. The number of carbonyl (C=O) groups is 2. The van der Waals surface area contributed by atoms with Crippen LogP contribution in [0.5, 0.6) is 0 Å². The summed E-state index contributed by atoms with van der Waals surface area (Å²) < 4.78 is 1.78. The minimum absolute atomic E-state index is 0.0269. The summed E-state index contributed by atoms with van der Waals surface area (Å²) in [7, 11) is 1.80. The molecular formula is C26H31N7O4S. The summed E-state index contributed by atoms with van der Waals surface area (Å²) in [6, 6.07) is 15.3. The van der Waals surface area contributed by atoms with Gasteiger partial charge in [0.05, 0.1) is 16.7 Å². The van der Waals surface area contributed by atoms with Gasteiger partial charge in [-0.05, 0) is 24.1 Å². The molecule has 1 aromatic heterocycles. The van der Waals surface area contributed by atoms with Gasteiger partial charge in [-0.2, -0.15) is 0 Å². The maximum atomic E-state index is 12.9. The fourth-order valence-electron chi connectivity index (χ4n) is 4.31. The molecule has 1 fully saturated rings. The molecule has 4 rings (SSSR count). The van der Waals surface area contributed by atoms with Crippen molar-refractivity contribution in [3.05, 3.63) is 76.1 Å². The van der Waals surface area contributed by atoms with Crippen molar-refractivity contribution in [3.8, 4) is 0 Å². The number of nitrogens with one attached hydrogen (secondary N) is 1. The Bertz CT molecular complexity index is 1290. The van der Waals surface area contributed by atoms with Crippen molar-refractivity contribution in [2.75, 3.05) is 36.8 Å². The van der Waals surface area contributed by atoms with Gasteiger partial charge in [0.2, 0.25) is 5.91 Å². The highest BCUT2D eigenvalue weighted by Gasteiger charge is 2.27. The largest absolute Gasteiger partial charge is 0.368 e. The quantitative estimate of drug-likeness (QED) is 0.250. The number of hydrogen-bond acceptors (Lipinski definition) is 8. The number of nitro groups is 1. The van der Waals surface area contributed by atoms with E-state index in [9.17, 15) is 19.7 Å². The molecule has 1 N–H and O–H groups in total. The molecule has 200 valence electrons. The van der Waals surface area contributed by atoms with Gasteiger partial charge in [-0.1, -0.05) is 49.9 Å². The van der Waals surface area contributed by atoms with Crippen molar-refractivity contribution in [1.29, 1.82) is 0 Å². The second-order valence-corrected chi connectivity index (χ2v) is 10.3. The molecule has 1 aliphatic rings. The molecule has 0 radical (unpaired) electrons. The van der Waals surface area contributed by atoms with Crippen LogP contribution >= 0.6 is 11.8 Å². The first-order chi connectivity index (χ1) is 18.2. The van der Waals surface area contributed by atoms with Crippen LogP contribution in [0.25, 0.3) is 0 Å². The topological polar surface area (TPSA) is 126 Å². The minimum Gasteiger partial charge on any atom is -0.368 e. The van der Waals surface area contributed by atoms with Crippen molar-refractivity contribution in [1.82, 2.24) is 25.0 Å². The number of amides is 2. The fraction of sp³-hybridized carbons (Fsp3) is 0.385. The SMILES string of the molecule is CC(C)[C@@H](NC(=O)c1cccc([N+](=O)[O-])c1)c1nnc(SCC(=O)N2CCN(c3ccccc3)CC2)n1C. The number of rotatable bonds is 9. The van der Waals surface area contributed by atoms with Crippen LogP contribution in [0.4, 0.5) is 11.4 Å². The van der Waals surface area contributed by atoms with Crippen LogP contribution in [0.1, 0.15) is 36.1 Å². The lowest BCUT2D eigenvalue weighted by Crippen LogP contribution is -2.49. The summed E-state index contributed by atoms with van der Waals surface area (Å²) in [4.78, 5) is 40.5. The normalized spacial score (nSPS) is 14.4. The average Bonchev–Trinajstić information content (AvgIpc) is 3.30. The third-order valence-corrected chi connectivity index (χ3v) is 7.50. The van der Waals surface area contributed by atoms with Gasteiger partial charge in [-0.3, -0.25) is 19.7 Å². The van der Waals surface area contributed by atoms with Crippen LogP contribution in [0, 0.1) is 16.0 Å². The van der Waals surface area contributed by atoms with Crippen molar-refractivity contribution >= 4 is 35.0 Å². The smallest absolute Gasteiger partial charge is 0.270 e. The van der Waals surface area contributed by atoms with Crippen molar-refractivity contribution < 1.29 is 14.5 Å². The molecule has 1 saturated heterocycles. The Morgan fingerprint density at radius 1 is 1.05 bits per heavy atom. The van der Waals surface area contributed by atoms with Crippen LogP contribution in [0.2, 0.25) is 0 Å². The van der Waals surface area contributed by atoms with Crippen LogP contribution in [-0.4, -0.2) is 68.3 Å². The van der Waals surface area contributed by atoms with E-state index in [2.05, 4.69) is 32.5 Å². The lowest BCUT2D eigenvalue weighted by molar-refractivity contribution is -0.384. The Balaban J connectivity index is 1.35. The van der Waals surface area contributed by atoms with Crippen molar-refractivity contribution in [2.45, 2.75) is 25.0 Å². The van der Waals surface area contributed by atoms with E-state index in [1.165, 1.54) is 36.0 Å². The molecule has 3 aromatic rings. The van der Waals surface area contributed by atoms with Gasteiger partial charge < -0.3 is 19.7 Å². The lowest BCUT2D eigenvalue weighted by atomic mass is 10.0. The maximum absolute atomic E-state index is 12.9. The molecule has 2 heterocycles. The second kappa shape index (κ2) is 12.1. The van der Waals surface area contributed by atoms with E-state index in [0.29, 0.717) is 24.1 Å². The van der Waals surface area contributed by atoms with Crippen LogP contribution in [0.15, 0.2) is 59.8 Å². The molecule has 0 spiro atoms. The Hall–Kier alpha value is -3.93. The van der Waals surface area contributed by atoms with E-state index >= 15 is 0 Å². The van der Waals surface area contributed by atoms with Crippen molar-refractivity contribution in [2.24, 2.45) is 13.0 Å². The van der Waals surface area contributed by atoms with Crippen LogP contribution in [0.3, 0.4) is 0 Å². The zero-order valence-corrected chi connectivity index (χ0v) is 22.4. The first-order valence-corrected chi connectivity index (χ1v) is 13.4. The zero-order valence-electron chi connectivity index (χ0n) is 21.6. The second-order valence-electron chi connectivity index (χ2n) is 9.39. The summed E-state index contributed by atoms with van der Waals surface area (Å²) >= 11 is 1.31. The Labute approximate surface area is 225 Å². The standard InChI is InChI=1S/C26H31N7O4S/c1-18(2)23(27-25(35)19-8-7-11-21(16-19)33(36)37)24-28-29-26(30(24)3)38-17-22(34)32-14-12-31(13-15-32)20-9-5-4-6-10-20/h4-11,16,18,23H,12-15,17H2,1-3H3,(H,27,35)/t23-/m1/s1. The average molecular weight is 538 g/mol. The predicted octanol–water partition coefficient (Wildman–Crippen LogP) is 3.29. The van der Waals surface area contributed by atoms with Crippen LogP contribution in [-0.2, 0) is 11.8 Å². The highest BCUT2D eigenvalue weighted by molar-refractivity contribution is 7.99. The molecule has 0 aliphatic carbocycles. The van der Waals surface area contributed by atoms with Gasteiger partial charge in [0, 0.05) is 56.6 Å². The van der Waals surface area contributed by atoms with E-state index < -0.39 is 16.9 Å². The first kappa shape index (κ1) is 27.1. The minimum atomic E-state index is -0.534. The van der Waals surface area contributed by atoms with E-state index in [0.717, 1.165) is 18.8 Å². The molecule has 0 bridgehead atoms. The summed E-state index contributed by atoms with van der Waals surface area (Å²) in [6.07, 6.45) is 0. The number of hydrogen-bond donors (Lipinski definition) is 1. The fourth-order valence-corrected chi connectivity index (χ4v) is 5.13. The van der Waals surface area contributed by atoms with E-state index in [4.69, 9.17) is 0 Å².